The molecular weight excluding hydrogens is 335 g/mol. The van der Waals surface area contributed by atoms with Crippen molar-refractivity contribution in [2.24, 2.45) is 7.05 Å². The first kappa shape index (κ1) is 17.8. The van der Waals surface area contributed by atoms with Gasteiger partial charge in [-0.1, -0.05) is 23.7 Å². The molecule has 1 saturated heterocycles. The maximum absolute atomic E-state index is 12.9. The van der Waals surface area contributed by atoms with Gasteiger partial charge in [-0.15, -0.1) is 12.4 Å². The Hall–Kier alpha value is -1.56. The second kappa shape index (κ2) is 7.34. The highest BCUT2D eigenvalue weighted by atomic mass is 35.5. The fourth-order valence-corrected chi connectivity index (χ4v) is 3.12. The lowest BCUT2D eigenvalue weighted by atomic mass is 10.0. The summed E-state index contributed by atoms with van der Waals surface area (Å²) in [6, 6.07) is 9.52. The van der Waals surface area contributed by atoms with Crippen LogP contribution < -0.4 is 5.32 Å². The van der Waals surface area contributed by atoms with Gasteiger partial charge in [0.1, 0.15) is 5.69 Å². The number of carbonyl (C=O) groups is 1. The van der Waals surface area contributed by atoms with Gasteiger partial charge in [0.15, 0.2) is 0 Å². The predicted molar refractivity (Wildman–Crippen MR) is 93.3 cm³/mol. The Labute approximate surface area is 147 Å². The Balaban J connectivity index is 0.00000192. The zero-order chi connectivity index (χ0) is 15.7. The zero-order valence-corrected chi connectivity index (χ0v) is 14.7. The van der Waals surface area contributed by atoms with E-state index in [1.165, 1.54) is 0 Å². The Kier molecular flexibility index (Phi) is 5.68. The quantitative estimate of drug-likeness (QED) is 0.901. The molecule has 1 fully saturated rings. The van der Waals surface area contributed by atoms with Crippen molar-refractivity contribution in [1.82, 2.24) is 20.0 Å². The number of amides is 1. The molecule has 1 atom stereocenters. The van der Waals surface area contributed by atoms with Gasteiger partial charge in [-0.2, -0.15) is 5.10 Å². The first-order valence-electron chi connectivity index (χ1n) is 7.34. The summed E-state index contributed by atoms with van der Waals surface area (Å²) in [5.41, 5.74) is 2.51. The Bertz CT molecular complexity index is 701. The maximum atomic E-state index is 12.9. The fourth-order valence-electron chi connectivity index (χ4n) is 2.92. The second-order valence-electron chi connectivity index (χ2n) is 5.57. The Morgan fingerprint density at radius 1 is 1.39 bits per heavy atom. The number of rotatable bonds is 2. The molecule has 1 aliphatic rings. The van der Waals surface area contributed by atoms with E-state index in [-0.39, 0.29) is 24.4 Å². The van der Waals surface area contributed by atoms with Gasteiger partial charge in [-0.3, -0.25) is 9.48 Å². The number of aromatic nitrogens is 2. The first-order valence-corrected chi connectivity index (χ1v) is 7.72. The van der Waals surface area contributed by atoms with E-state index < -0.39 is 0 Å². The van der Waals surface area contributed by atoms with Gasteiger partial charge in [0.2, 0.25) is 0 Å². The van der Waals surface area contributed by atoms with Crippen LogP contribution in [0, 0.1) is 6.92 Å². The van der Waals surface area contributed by atoms with Gasteiger partial charge in [0, 0.05) is 31.7 Å². The molecule has 1 aliphatic heterocycles. The summed E-state index contributed by atoms with van der Waals surface area (Å²) < 4.78 is 1.65. The molecule has 1 unspecified atom stereocenters. The highest BCUT2D eigenvalue weighted by molar-refractivity contribution is 6.30. The van der Waals surface area contributed by atoms with Gasteiger partial charge >= 0.3 is 0 Å². The zero-order valence-electron chi connectivity index (χ0n) is 13.1. The summed E-state index contributed by atoms with van der Waals surface area (Å²) in [4.78, 5) is 14.8. The van der Waals surface area contributed by atoms with E-state index >= 15 is 0 Å². The Morgan fingerprint density at radius 2 is 2.17 bits per heavy atom. The molecule has 1 aromatic heterocycles. The van der Waals surface area contributed by atoms with Crippen molar-refractivity contribution >= 4 is 29.9 Å². The molecule has 23 heavy (non-hydrogen) atoms. The van der Waals surface area contributed by atoms with Crippen molar-refractivity contribution in [2.75, 3.05) is 19.6 Å². The van der Waals surface area contributed by atoms with Crippen LogP contribution in [0.5, 0.6) is 0 Å². The number of benzene rings is 1. The summed E-state index contributed by atoms with van der Waals surface area (Å²) in [7, 11) is 1.80. The average Bonchev–Trinajstić information content (AvgIpc) is 2.85. The summed E-state index contributed by atoms with van der Waals surface area (Å²) in [5.74, 6) is 0.00887. The summed E-state index contributed by atoms with van der Waals surface area (Å²) in [6.07, 6.45) is 0. The van der Waals surface area contributed by atoms with Crippen molar-refractivity contribution in [3.63, 3.8) is 0 Å². The van der Waals surface area contributed by atoms with E-state index in [9.17, 15) is 4.79 Å². The minimum atomic E-state index is -0.0184. The van der Waals surface area contributed by atoms with E-state index in [2.05, 4.69) is 10.4 Å². The van der Waals surface area contributed by atoms with Crippen LogP contribution in [-0.2, 0) is 7.05 Å². The lowest BCUT2D eigenvalue weighted by Crippen LogP contribution is -2.49. The predicted octanol–water partition coefficient (Wildman–Crippen LogP) is 2.59. The van der Waals surface area contributed by atoms with Gasteiger partial charge in [0.05, 0.1) is 11.7 Å². The summed E-state index contributed by atoms with van der Waals surface area (Å²) in [6.45, 7) is 4.08. The number of nitrogens with one attached hydrogen (secondary N) is 1. The summed E-state index contributed by atoms with van der Waals surface area (Å²) in [5, 5.41) is 8.31. The minimum Gasteiger partial charge on any atom is -0.328 e. The van der Waals surface area contributed by atoms with Crippen LogP contribution in [0.1, 0.15) is 27.8 Å². The number of carbonyl (C=O) groups excluding carboxylic acids is 1. The number of hydrogen-bond donors (Lipinski definition) is 1. The highest BCUT2D eigenvalue weighted by Crippen LogP contribution is 2.26. The van der Waals surface area contributed by atoms with Crippen molar-refractivity contribution in [3.05, 3.63) is 52.3 Å². The van der Waals surface area contributed by atoms with Crippen LogP contribution in [0.15, 0.2) is 30.3 Å². The molecule has 2 heterocycles. The Morgan fingerprint density at radius 3 is 2.83 bits per heavy atom. The lowest BCUT2D eigenvalue weighted by Gasteiger charge is -2.36. The molecule has 0 radical (unpaired) electrons. The van der Waals surface area contributed by atoms with Crippen molar-refractivity contribution in [3.8, 4) is 0 Å². The van der Waals surface area contributed by atoms with Crippen LogP contribution in [0.3, 0.4) is 0 Å². The van der Waals surface area contributed by atoms with Crippen molar-refractivity contribution < 1.29 is 4.79 Å². The van der Waals surface area contributed by atoms with Crippen molar-refractivity contribution in [1.29, 1.82) is 0 Å². The molecule has 1 amide bonds. The molecule has 1 aromatic carbocycles. The fraction of sp³-hybridized carbons (Fsp3) is 0.375. The largest absolute Gasteiger partial charge is 0.328 e. The molecule has 0 spiro atoms. The summed E-state index contributed by atoms with van der Waals surface area (Å²) >= 11 is 6.10. The normalized spacial score (nSPS) is 17.7. The third-order valence-corrected chi connectivity index (χ3v) is 4.19. The van der Waals surface area contributed by atoms with E-state index in [0.717, 1.165) is 24.3 Å². The van der Waals surface area contributed by atoms with Crippen LogP contribution in [0.2, 0.25) is 5.02 Å². The van der Waals surface area contributed by atoms with Crippen LogP contribution in [0.4, 0.5) is 0 Å². The van der Waals surface area contributed by atoms with E-state index in [1.807, 2.05) is 42.2 Å². The van der Waals surface area contributed by atoms with Crippen LogP contribution in [-0.4, -0.2) is 40.2 Å². The van der Waals surface area contributed by atoms with Gasteiger partial charge < -0.3 is 10.2 Å². The number of nitrogens with zero attached hydrogens (tertiary/aromatic N) is 3. The third kappa shape index (κ3) is 3.68. The molecule has 3 rings (SSSR count). The van der Waals surface area contributed by atoms with Crippen LogP contribution >= 0.6 is 24.0 Å². The highest BCUT2D eigenvalue weighted by Gasteiger charge is 2.30. The third-order valence-electron chi connectivity index (χ3n) is 3.96. The minimum absolute atomic E-state index is 0. The monoisotopic (exact) mass is 354 g/mol. The topological polar surface area (TPSA) is 50.2 Å². The molecular formula is C16H20Cl2N4O. The van der Waals surface area contributed by atoms with E-state index in [0.29, 0.717) is 17.3 Å². The average molecular weight is 355 g/mol. The molecule has 7 heteroatoms. The van der Waals surface area contributed by atoms with E-state index in [1.54, 1.807) is 11.7 Å². The SMILES string of the molecule is Cc1cc(C(=O)N2CCNCC2c2cccc(Cl)c2)n(C)n1.Cl. The van der Waals surface area contributed by atoms with Crippen molar-refractivity contribution in [2.45, 2.75) is 13.0 Å². The number of piperazine rings is 1. The second-order valence-corrected chi connectivity index (χ2v) is 6.00. The first-order chi connectivity index (χ1) is 10.6. The standard InChI is InChI=1S/C16H19ClN4O.ClH/c1-11-8-14(20(2)19-11)16(22)21-7-6-18-10-15(21)12-4-3-5-13(17)9-12;/h3-5,8-9,15,18H,6-7,10H2,1-2H3;1H. The van der Waals surface area contributed by atoms with Gasteiger partial charge in [-0.25, -0.2) is 0 Å². The lowest BCUT2D eigenvalue weighted by molar-refractivity contribution is 0.0623. The molecule has 0 aliphatic carbocycles. The molecule has 0 saturated carbocycles. The molecule has 5 nitrogen and oxygen atoms in total. The van der Waals surface area contributed by atoms with Gasteiger partial charge in [-0.05, 0) is 30.7 Å². The van der Waals surface area contributed by atoms with Gasteiger partial charge in [0.25, 0.3) is 5.91 Å². The molecule has 0 bridgehead atoms. The number of aryl methyl sites for hydroxylation is 2. The molecule has 2 aromatic rings. The van der Waals surface area contributed by atoms with Crippen LogP contribution in [0.25, 0.3) is 0 Å². The number of hydrogen-bond acceptors (Lipinski definition) is 3. The molecule has 1 N–H and O–H groups in total. The maximum Gasteiger partial charge on any atom is 0.272 e. The smallest absolute Gasteiger partial charge is 0.272 e. The number of halogens is 2. The van der Waals surface area contributed by atoms with E-state index in [4.69, 9.17) is 11.6 Å². The molecule has 124 valence electrons.